The third-order valence-corrected chi connectivity index (χ3v) is 4.32. The Labute approximate surface area is 138 Å². The second-order valence-corrected chi connectivity index (χ2v) is 6.01. The summed E-state index contributed by atoms with van der Waals surface area (Å²) in [7, 11) is 1.32. The van der Waals surface area contributed by atoms with Gasteiger partial charge in [-0.05, 0) is 23.1 Å². The second-order valence-electron chi connectivity index (χ2n) is 5.03. The van der Waals surface area contributed by atoms with Crippen LogP contribution in [0.3, 0.4) is 0 Å². The van der Waals surface area contributed by atoms with Crippen LogP contribution in [0.5, 0.6) is 0 Å². The van der Waals surface area contributed by atoms with Gasteiger partial charge in [-0.3, -0.25) is 4.79 Å². The lowest BCUT2D eigenvalue weighted by atomic mass is 10.1. The second kappa shape index (κ2) is 6.62. The first kappa shape index (κ1) is 15.2. The van der Waals surface area contributed by atoms with Gasteiger partial charge in [0.2, 0.25) is 0 Å². The molecule has 23 heavy (non-hydrogen) atoms. The van der Waals surface area contributed by atoms with Crippen LogP contribution < -0.4 is 0 Å². The van der Waals surface area contributed by atoms with Gasteiger partial charge in [-0.1, -0.05) is 36.4 Å². The van der Waals surface area contributed by atoms with Crippen LogP contribution in [0.4, 0.5) is 0 Å². The summed E-state index contributed by atoms with van der Waals surface area (Å²) in [5.74, 6) is -0.695. The molecule has 2 heterocycles. The predicted molar refractivity (Wildman–Crippen MR) is 89.4 cm³/mol. The highest BCUT2D eigenvalue weighted by Crippen LogP contribution is 2.28. The number of esters is 1. The zero-order valence-corrected chi connectivity index (χ0v) is 13.4. The summed E-state index contributed by atoms with van der Waals surface area (Å²) in [5.41, 5.74) is 1.66. The first-order chi connectivity index (χ1) is 11.2. The SMILES string of the molecule is COC(=O)C1=CN(Cc2ccccc2)C(=O)/C1=C\c1cccs1. The molecule has 0 spiro atoms. The van der Waals surface area contributed by atoms with Crippen molar-refractivity contribution in [3.05, 3.63) is 75.6 Å². The number of hydrogen-bond acceptors (Lipinski definition) is 4. The number of carbonyl (C=O) groups excluding carboxylic acids is 2. The van der Waals surface area contributed by atoms with Crippen LogP contribution in [0.1, 0.15) is 10.4 Å². The Morgan fingerprint density at radius 3 is 2.65 bits per heavy atom. The molecule has 1 aromatic carbocycles. The summed E-state index contributed by atoms with van der Waals surface area (Å²) in [5, 5.41) is 1.93. The van der Waals surface area contributed by atoms with Gasteiger partial charge in [-0.15, -0.1) is 11.3 Å². The molecular formula is C18H15NO3S. The van der Waals surface area contributed by atoms with Crippen molar-refractivity contribution in [2.75, 3.05) is 7.11 Å². The lowest BCUT2D eigenvalue weighted by Crippen LogP contribution is -2.21. The fraction of sp³-hybridized carbons (Fsp3) is 0.111. The first-order valence-corrected chi connectivity index (χ1v) is 7.97. The molecule has 0 fully saturated rings. The highest BCUT2D eigenvalue weighted by molar-refractivity contribution is 7.10. The van der Waals surface area contributed by atoms with Crippen molar-refractivity contribution in [2.24, 2.45) is 0 Å². The Morgan fingerprint density at radius 1 is 1.22 bits per heavy atom. The van der Waals surface area contributed by atoms with Crippen molar-refractivity contribution in [1.82, 2.24) is 4.90 Å². The highest BCUT2D eigenvalue weighted by atomic mass is 32.1. The number of amides is 1. The van der Waals surface area contributed by atoms with Crippen LogP contribution in [0.15, 0.2) is 65.2 Å². The number of methoxy groups -OCH3 is 1. The summed E-state index contributed by atoms with van der Waals surface area (Å²) in [6.45, 7) is 0.419. The Bertz CT molecular complexity index is 776. The molecule has 0 atom stereocenters. The third-order valence-electron chi connectivity index (χ3n) is 3.50. The van der Waals surface area contributed by atoms with E-state index < -0.39 is 5.97 Å². The topological polar surface area (TPSA) is 46.6 Å². The molecule has 116 valence electrons. The minimum absolute atomic E-state index is 0.192. The zero-order chi connectivity index (χ0) is 16.2. The fourth-order valence-electron chi connectivity index (χ4n) is 2.38. The molecule has 1 aromatic heterocycles. The van der Waals surface area contributed by atoms with Gasteiger partial charge in [0.15, 0.2) is 0 Å². The largest absolute Gasteiger partial charge is 0.465 e. The highest BCUT2D eigenvalue weighted by Gasteiger charge is 2.32. The minimum atomic E-state index is -0.503. The van der Waals surface area contributed by atoms with Gasteiger partial charge in [0.05, 0.1) is 24.8 Å². The molecule has 0 aliphatic carbocycles. The summed E-state index contributed by atoms with van der Waals surface area (Å²) in [6.07, 6.45) is 3.31. The molecular weight excluding hydrogens is 310 g/mol. The smallest absolute Gasteiger partial charge is 0.340 e. The van der Waals surface area contributed by atoms with Crippen molar-refractivity contribution in [3.8, 4) is 0 Å². The normalized spacial score (nSPS) is 15.9. The maximum absolute atomic E-state index is 12.7. The molecule has 0 saturated heterocycles. The molecule has 0 N–H and O–H groups in total. The number of thiophene rings is 1. The number of rotatable bonds is 4. The van der Waals surface area contributed by atoms with Gasteiger partial charge < -0.3 is 9.64 Å². The van der Waals surface area contributed by atoms with Gasteiger partial charge in [0, 0.05) is 11.1 Å². The van der Waals surface area contributed by atoms with Crippen molar-refractivity contribution >= 4 is 29.3 Å². The molecule has 0 radical (unpaired) electrons. The van der Waals surface area contributed by atoms with Gasteiger partial charge in [0.1, 0.15) is 0 Å². The number of carbonyl (C=O) groups is 2. The fourth-order valence-corrected chi connectivity index (χ4v) is 3.04. The molecule has 3 rings (SSSR count). The molecule has 5 heteroatoms. The average Bonchev–Trinajstić information content (AvgIpc) is 3.19. The van der Waals surface area contributed by atoms with Crippen LogP contribution in [-0.4, -0.2) is 23.9 Å². The van der Waals surface area contributed by atoms with Crippen molar-refractivity contribution < 1.29 is 14.3 Å². The van der Waals surface area contributed by atoms with E-state index in [1.54, 1.807) is 17.2 Å². The van der Waals surface area contributed by atoms with E-state index in [1.807, 2.05) is 47.8 Å². The van der Waals surface area contributed by atoms with Gasteiger partial charge in [-0.25, -0.2) is 4.79 Å². The standard InChI is InChI=1S/C18H15NO3S/c1-22-18(21)16-12-19(11-13-6-3-2-4-7-13)17(20)15(16)10-14-8-5-9-23-14/h2-10,12H,11H2,1H3/b15-10-. The van der Waals surface area contributed by atoms with Crippen molar-refractivity contribution in [3.63, 3.8) is 0 Å². The lowest BCUT2D eigenvalue weighted by molar-refractivity contribution is -0.136. The summed E-state index contributed by atoms with van der Waals surface area (Å²) in [4.78, 5) is 27.1. The van der Waals surface area contributed by atoms with E-state index in [0.717, 1.165) is 10.4 Å². The molecule has 0 unspecified atom stereocenters. The Morgan fingerprint density at radius 2 is 2.00 bits per heavy atom. The molecule has 1 aliphatic heterocycles. The van der Waals surface area contributed by atoms with E-state index in [1.165, 1.54) is 18.4 Å². The van der Waals surface area contributed by atoms with Crippen LogP contribution >= 0.6 is 11.3 Å². The number of hydrogen-bond donors (Lipinski definition) is 0. The Kier molecular flexibility index (Phi) is 4.39. The number of ether oxygens (including phenoxy) is 1. The average molecular weight is 325 g/mol. The van der Waals surface area contributed by atoms with E-state index >= 15 is 0 Å². The molecule has 2 aromatic rings. The van der Waals surface area contributed by atoms with Crippen LogP contribution in [0, 0.1) is 0 Å². The zero-order valence-electron chi connectivity index (χ0n) is 12.6. The van der Waals surface area contributed by atoms with E-state index in [9.17, 15) is 9.59 Å². The van der Waals surface area contributed by atoms with Gasteiger partial charge >= 0.3 is 5.97 Å². The van der Waals surface area contributed by atoms with Gasteiger partial charge in [-0.2, -0.15) is 0 Å². The summed E-state index contributed by atoms with van der Waals surface area (Å²) in [6, 6.07) is 13.5. The number of nitrogens with zero attached hydrogens (tertiary/aromatic N) is 1. The monoisotopic (exact) mass is 325 g/mol. The molecule has 4 nitrogen and oxygen atoms in total. The van der Waals surface area contributed by atoms with E-state index in [2.05, 4.69) is 0 Å². The Balaban J connectivity index is 1.93. The quantitative estimate of drug-likeness (QED) is 0.640. The Hall–Kier alpha value is -2.66. The summed E-state index contributed by atoms with van der Waals surface area (Å²) < 4.78 is 4.81. The van der Waals surface area contributed by atoms with Crippen LogP contribution in [0.2, 0.25) is 0 Å². The lowest BCUT2D eigenvalue weighted by Gasteiger charge is -2.13. The maximum Gasteiger partial charge on any atom is 0.340 e. The van der Waals surface area contributed by atoms with E-state index in [0.29, 0.717) is 17.7 Å². The van der Waals surface area contributed by atoms with E-state index in [4.69, 9.17) is 4.74 Å². The third kappa shape index (κ3) is 3.24. The maximum atomic E-state index is 12.7. The van der Waals surface area contributed by atoms with Gasteiger partial charge in [0.25, 0.3) is 5.91 Å². The summed E-state index contributed by atoms with van der Waals surface area (Å²) >= 11 is 1.51. The predicted octanol–water partition coefficient (Wildman–Crippen LogP) is 3.23. The first-order valence-electron chi connectivity index (χ1n) is 7.09. The molecule has 1 aliphatic rings. The molecule has 0 saturated carbocycles. The minimum Gasteiger partial charge on any atom is -0.465 e. The van der Waals surface area contributed by atoms with Crippen molar-refractivity contribution in [1.29, 1.82) is 0 Å². The number of benzene rings is 1. The van der Waals surface area contributed by atoms with Crippen LogP contribution in [-0.2, 0) is 20.9 Å². The molecule has 1 amide bonds. The van der Waals surface area contributed by atoms with Crippen molar-refractivity contribution in [2.45, 2.75) is 6.54 Å². The molecule has 0 bridgehead atoms. The van der Waals surface area contributed by atoms with Crippen LogP contribution in [0.25, 0.3) is 6.08 Å². The van der Waals surface area contributed by atoms with E-state index in [-0.39, 0.29) is 5.91 Å².